The smallest absolute Gasteiger partial charge is 0.268 e. The molecule has 2 atom stereocenters. The second-order valence-electron chi connectivity index (χ2n) is 9.99. The standard InChI is InChI=1S/C24H52NO7P/c1-5-6-7-8-9-10-11-12-13-14-15-16-17-18-20-29-22-24(32-26)23-31-33(27,28)30-21-19-25(2,3)4/h24H,5-23H2,1-4H3,(H-,26,27,28)/t24-/m1/s1. The molecule has 0 aromatic rings. The van der Waals surface area contributed by atoms with Gasteiger partial charge in [-0.3, -0.25) is 9.82 Å². The molecule has 0 bridgehead atoms. The monoisotopic (exact) mass is 497 g/mol. The topological polar surface area (TPSA) is 97.3 Å². The quantitative estimate of drug-likeness (QED) is 0.0580. The lowest BCUT2D eigenvalue weighted by Gasteiger charge is -2.27. The van der Waals surface area contributed by atoms with E-state index in [1.165, 1.54) is 77.0 Å². The van der Waals surface area contributed by atoms with Gasteiger partial charge in [0.15, 0.2) is 0 Å². The normalized spacial score (nSPS) is 15.0. The SMILES string of the molecule is CCCCCCCCCCCCCCCCOC[C@H](COP(=O)([O-])OCC[N+](C)(C)C)OO. The molecule has 0 aliphatic heterocycles. The van der Waals surface area contributed by atoms with Crippen LogP contribution < -0.4 is 4.89 Å². The van der Waals surface area contributed by atoms with Gasteiger partial charge in [0.05, 0.1) is 34.4 Å². The van der Waals surface area contributed by atoms with Crippen LogP contribution in [0, 0.1) is 0 Å². The van der Waals surface area contributed by atoms with Crippen LogP contribution in [0.25, 0.3) is 0 Å². The van der Waals surface area contributed by atoms with Gasteiger partial charge in [0.25, 0.3) is 7.82 Å². The molecule has 1 unspecified atom stereocenters. The molecule has 0 spiro atoms. The van der Waals surface area contributed by atoms with E-state index in [9.17, 15) is 9.46 Å². The molecule has 0 aromatic carbocycles. The number of rotatable bonds is 25. The Balaban J connectivity index is 3.53. The highest BCUT2D eigenvalue weighted by Gasteiger charge is 2.17. The van der Waals surface area contributed by atoms with Crippen LogP contribution in [0.1, 0.15) is 96.8 Å². The third kappa shape index (κ3) is 24.9. The Hall–Kier alpha value is -0.0500. The van der Waals surface area contributed by atoms with Crippen molar-refractivity contribution >= 4 is 7.82 Å². The first-order valence-electron chi connectivity index (χ1n) is 13.0. The van der Waals surface area contributed by atoms with Crippen LogP contribution in [-0.4, -0.2) is 70.0 Å². The first-order chi connectivity index (χ1) is 15.7. The molecular weight excluding hydrogens is 445 g/mol. The number of unbranched alkanes of at least 4 members (excludes halogenated alkanes) is 13. The summed E-state index contributed by atoms with van der Waals surface area (Å²) in [4.78, 5) is 16.0. The van der Waals surface area contributed by atoms with Crippen LogP contribution in [0.2, 0.25) is 0 Å². The number of hydrogen-bond acceptors (Lipinski definition) is 7. The second-order valence-corrected chi connectivity index (χ2v) is 11.4. The molecule has 0 aliphatic rings. The van der Waals surface area contributed by atoms with Gasteiger partial charge >= 0.3 is 0 Å². The number of ether oxygens (including phenoxy) is 1. The van der Waals surface area contributed by atoms with Gasteiger partial charge in [0, 0.05) is 6.61 Å². The predicted molar refractivity (Wildman–Crippen MR) is 131 cm³/mol. The van der Waals surface area contributed by atoms with Crippen molar-refractivity contribution in [3.63, 3.8) is 0 Å². The Morgan fingerprint density at radius 2 is 1.24 bits per heavy atom. The maximum absolute atomic E-state index is 11.8. The summed E-state index contributed by atoms with van der Waals surface area (Å²) in [7, 11) is 1.38. The summed E-state index contributed by atoms with van der Waals surface area (Å²) in [6.45, 7) is 3.08. The zero-order chi connectivity index (χ0) is 24.8. The fourth-order valence-electron chi connectivity index (χ4n) is 3.36. The maximum atomic E-state index is 11.8. The number of nitrogens with zero attached hydrogens (tertiary/aromatic N) is 1. The molecule has 9 heteroatoms. The number of quaternary nitrogens is 1. The fraction of sp³-hybridized carbons (Fsp3) is 1.00. The Morgan fingerprint density at radius 3 is 1.70 bits per heavy atom. The summed E-state index contributed by atoms with van der Waals surface area (Å²) in [5.74, 6) is 0. The maximum Gasteiger partial charge on any atom is 0.268 e. The van der Waals surface area contributed by atoms with Crippen LogP contribution in [0.4, 0.5) is 0 Å². The number of phosphoric ester groups is 1. The zero-order valence-corrected chi connectivity index (χ0v) is 22.7. The van der Waals surface area contributed by atoms with Gasteiger partial charge in [-0.1, -0.05) is 90.4 Å². The third-order valence-electron chi connectivity index (χ3n) is 5.53. The van der Waals surface area contributed by atoms with E-state index in [1.54, 1.807) is 0 Å². The summed E-state index contributed by atoms with van der Waals surface area (Å²) in [6, 6.07) is 0. The van der Waals surface area contributed by atoms with E-state index in [4.69, 9.17) is 19.0 Å². The van der Waals surface area contributed by atoms with E-state index in [1.807, 2.05) is 21.1 Å². The van der Waals surface area contributed by atoms with E-state index < -0.39 is 13.9 Å². The average Bonchev–Trinajstić information content (AvgIpc) is 2.74. The second kappa shape index (κ2) is 21.3. The molecule has 0 fully saturated rings. The van der Waals surface area contributed by atoms with Gasteiger partial charge in [0.1, 0.15) is 19.3 Å². The van der Waals surface area contributed by atoms with E-state index in [0.29, 0.717) is 17.6 Å². The van der Waals surface area contributed by atoms with Crippen molar-refractivity contribution < 1.29 is 37.9 Å². The molecule has 0 heterocycles. The van der Waals surface area contributed by atoms with Gasteiger partial charge < -0.3 is 23.2 Å². The molecule has 1 N–H and O–H groups in total. The molecule has 0 amide bonds. The van der Waals surface area contributed by atoms with Crippen molar-refractivity contribution in [3.05, 3.63) is 0 Å². The summed E-state index contributed by atoms with van der Waals surface area (Å²) < 4.78 is 27.4. The predicted octanol–water partition coefficient (Wildman–Crippen LogP) is 5.55. The van der Waals surface area contributed by atoms with Gasteiger partial charge in [0.2, 0.25) is 0 Å². The average molecular weight is 498 g/mol. The van der Waals surface area contributed by atoms with E-state index in [-0.39, 0.29) is 19.8 Å². The molecular formula is C24H52NO7P. The lowest BCUT2D eigenvalue weighted by molar-refractivity contribution is -0.870. The van der Waals surface area contributed by atoms with Gasteiger partial charge in [-0.2, -0.15) is 0 Å². The molecule has 0 aliphatic carbocycles. The minimum Gasteiger partial charge on any atom is -0.756 e. The van der Waals surface area contributed by atoms with Crippen molar-refractivity contribution in [1.29, 1.82) is 0 Å². The van der Waals surface area contributed by atoms with Crippen LogP contribution in [0.15, 0.2) is 0 Å². The Morgan fingerprint density at radius 1 is 0.758 bits per heavy atom. The largest absolute Gasteiger partial charge is 0.756 e. The van der Waals surface area contributed by atoms with E-state index in [2.05, 4.69) is 11.8 Å². The summed E-state index contributed by atoms with van der Waals surface area (Å²) in [6.07, 6.45) is 17.3. The van der Waals surface area contributed by atoms with Gasteiger partial charge in [-0.25, -0.2) is 4.89 Å². The van der Waals surface area contributed by atoms with Crippen LogP contribution in [-0.2, 0) is 23.2 Å². The summed E-state index contributed by atoms with van der Waals surface area (Å²) >= 11 is 0. The molecule has 33 heavy (non-hydrogen) atoms. The highest BCUT2D eigenvalue weighted by Crippen LogP contribution is 2.38. The number of phosphoric acid groups is 1. The lowest BCUT2D eigenvalue weighted by Crippen LogP contribution is -2.37. The Kier molecular flexibility index (Phi) is 21.2. The highest BCUT2D eigenvalue weighted by molar-refractivity contribution is 7.45. The summed E-state index contributed by atoms with van der Waals surface area (Å²) in [5.41, 5.74) is 0. The van der Waals surface area contributed by atoms with Crippen LogP contribution in [0.3, 0.4) is 0 Å². The van der Waals surface area contributed by atoms with Crippen molar-refractivity contribution in [2.75, 3.05) is 54.1 Å². The van der Waals surface area contributed by atoms with Crippen LogP contribution in [0.5, 0.6) is 0 Å². The zero-order valence-electron chi connectivity index (χ0n) is 21.8. The van der Waals surface area contributed by atoms with Crippen molar-refractivity contribution in [2.45, 2.75) is 103 Å². The molecule has 8 nitrogen and oxygen atoms in total. The Bertz CT molecular complexity index is 474. The minimum atomic E-state index is -4.43. The van der Waals surface area contributed by atoms with Crippen LogP contribution >= 0.6 is 7.82 Å². The minimum absolute atomic E-state index is 0.0323. The van der Waals surface area contributed by atoms with Gasteiger partial charge in [-0.05, 0) is 6.42 Å². The Labute approximate surface area is 203 Å². The van der Waals surface area contributed by atoms with Crippen molar-refractivity contribution in [2.24, 2.45) is 0 Å². The van der Waals surface area contributed by atoms with E-state index in [0.717, 1.165) is 12.8 Å². The molecule has 0 saturated heterocycles. The molecule has 0 rings (SSSR count). The molecule has 0 saturated carbocycles. The first kappa shape index (κ1) is 33.0. The first-order valence-corrected chi connectivity index (χ1v) is 14.4. The van der Waals surface area contributed by atoms with Crippen molar-refractivity contribution in [3.8, 4) is 0 Å². The highest BCUT2D eigenvalue weighted by atomic mass is 31.2. The van der Waals surface area contributed by atoms with E-state index >= 15 is 0 Å². The van der Waals surface area contributed by atoms with Gasteiger partial charge in [-0.15, -0.1) is 0 Å². The molecule has 200 valence electrons. The summed E-state index contributed by atoms with van der Waals surface area (Å²) in [5, 5.41) is 8.94. The fourth-order valence-corrected chi connectivity index (χ4v) is 4.09. The number of hydrogen-bond donors (Lipinski definition) is 1. The van der Waals surface area contributed by atoms with Crippen molar-refractivity contribution in [1.82, 2.24) is 0 Å². The molecule has 0 aromatic heterocycles. The number of likely N-dealkylation sites (N-methyl/N-ethyl adjacent to an activating group) is 1. The lowest BCUT2D eigenvalue weighted by atomic mass is 10.0. The molecule has 0 radical (unpaired) electrons. The third-order valence-corrected chi connectivity index (χ3v) is 6.49.